The SMILES string of the molecule is CCCCCCCCCCOP(=O)(O)Cc1cc(C)c(O)c(C(C)(C)C)c1. The lowest BCUT2D eigenvalue weighted by molar-refractivity contribution is 0.251. The fraction of sp³-hybridized carbons (Fsp3) is 0.727. The van der Waals surface area contributed by atoms with Gasteiger partial charge in [-0.2, -0.15) is 0 Å². The van der Waals surface area contributed by atoms with E-state index in [9.17, 15) is 14.6 Å². The predicted molar refractivity (Wildman–Crippen MR) is 114 cm³/mol. The third-order valence-corrected chi connectivity index (χ3v) is 6.19. The second kappa shape index (κ2) is 11.2. The standard InChI is InChI=1S/C22H39O4P/c1-6-7-8-9-10-11-12-13-14-26-27(24,25)17-19-15-18(2)21(23)20(16-19)22(3,4)5/h15-16,23H,6-14,17H2,1-5H3,(H,24,25). The number of hydrogen-bond acceptors (Lipinski definition) is 3. The number of phenolic OH excluding ortho intramolecular Hbond substituents is 1. The van der Waals surface area contributed by atoms with Crippen molar-refractivity contribution in [2.75, 3.05) is 6.61 Å². The summed E-state index contributed by atoms with van der Waals surface area (Å²) in [4.78, 5) is 10.2. The highest BCUT2D eigenvalue weighted by molar-refractivity contribution is 7.51. The fourth-order valence-corrected chi connectivity index (χ4v) is 4.39. The Morgan fingerprint density at radius 1 is 1.00 bits per heavy atom. The molecule has 1 unspecified atom stereocenters. The molecule has 0 saturated carbocycles. The van der Waals surface area contributed by atoms with Crippen LogP contribution < -0.4 is 0 Å². The van der Waals surface area contributed by atoms with Gasteiger partial charge >= 0.3 is 7.60 Å². The average molecular weight is 399 g/mol. The topological polar surface area (TPSA) is 66.8 Å². The monoisotopic (exact) mass is 398 g/mol. The first-order chi connectivity index (χ1) is 12.6. The van der Waals surface area contributed by atoms with Crippen LogP contribution in [0.4, 0.5) is 0 Å². The van der Waals surface area contributed by atoms with E-state index in [-0.39, 0.29) is 17.3 Å². The Kier molecular flexibility index (Phi) is 10.1. The maximum Gasteiger partial charge on any atom is 0.332 e. The minimum absolute atomic E-state index is 0.0196. The Morgan fingerprint density at radius 2 is 1.56 bits per heavy atom. The van der Waals surface area contributed by atoms with Gasteiger partial charge in [0.05, 0.1) is 12.8 Å². The van der Waals surface area contributed by atoms with E-state index in [2.05, 4.69) is 6.92 Å². The summed E-state index contributed by atoms with van der Waals surface area (Å²) in [5, 5.41) is 10.3. The maximum atomic E-state index is 12.4. The number of aromatic hydroxyl groups is 1. The lowest BCUT2D eigenvalue weighted by Crippen LogP contribution is -2.12. The molecule has 0 heterocycles. The molecule has 0 spiro atoms. The number of hydrogen-bond donors (Lipinski definition) is 2. The molecule has 0 aliphatic rings. The van der Waals surface area contributed by atoms with Crippen LogP contribution >= 0.6 is 7.60 Å². The maximum absolute atomic E-state index is 12.4. The Hall–Kier alpha value is -0.830. The molecule has 0 radical (unpaired) electrons. The molecule has 0 aromatic heterocycles. The molecule has 1 atom stereocenters. The first kappa shape index (κ1) is 24.2. The van der Waals surface area contributed by atoms with Crippen LogP contribution in [0.2, 0.25) is 0 Å². The van der Waals surface area contributed by atoms with E-state index >= 15 is 0 Å². The number of aryl methyl sites for hydroxylation is 1. The molecule has 4 nitrogen and oxygen atoms in total. The summed E-state index contributed by atoms with van der Waals surface area (Å²) in [6, 6.07) is 3.60. The zero-order chi connectivity index (χ0) is 20.5. The molecule has 0 aliphatic carbocycles. The van der Waals surface area contributed by atoms with E-state index < -0.39 is 7.60 Å². The predicted octanol–water partition coefficient (Wildman–Crippen LogP) is 6.84. The van der Waals surface area contributed by atoms with Crippen molar-refractivity contribution in [2.45, 2.75) is 97.6 Å². The summed E-state index contributed by atoms with van der Waals surface area (Å²) in [7, 11) is -3.67. The van der Waals surface area contributed by atoms with Gasteiger partial charge in [0.2, 0.25) is 0 Å². The lowest BCUT2D eigenvalue weighted by atomic mass is 9.84. The number of benzene rings is 1. The Bertz CT molecular complexity index is 619. The highest BCUT2D eigenvalue weighted by atomic mass is 31.2. The van der Waals surface area contributed by atoms with Crippen molar-refractivity contribution in [1.82, 2.24) is 0 Å². The minimum atomic E-state index is -3.67. The van der Waals surface area contributed by atoms with Gasteiger partial charge in [-0.3, -0.25) is 4.57 Å². The van der Waals surface area contributed by atoms with Crippen molar-refractivity contribution in [1.29, 1.82) is 0 Å². The van der Waals surface area contributed by atoms with Crippen molar-refractivity contribution in [3.8, 4) is 5.75 Å². The molecule has 1 rings (SSSR count). The van der Waals surface area contributed by atoms with Crippen LogP contribution in [0.5, 0.6) is 5.75 Å². The summed E-state index contributed by atoms with van der Waals surface area (Å²) in [6.45, 7) is 10.4. The molecule has 0 bridgehead atoms. The molecule has 0 amide bonds. The van der Waals surface area contributed by atoms with Gasteiger partial charge in [-0.25, -0.2) is 0 Å². The van der Waals surface area contributed by atoms with Crippen LogP contribution in [0.25, 0.3) is 0 Å². The highest BCUT2D eigenvalue weighted by Crippen LogP contribution is 2.47. The number of unbranched alkanes of at least 4 members (excludes halogenated alkanes) is 7. The third kappa shape index (κ3) is 9.27. The third-order valence-electron chi connectivity index (χ3n) is 4.84. The Balaban J connectivity index is 2.47. The molecule has 2 N–H and O–H groups in total. The molecule has 1 aromatic carbocycles. The molecular weight excluding hydrogens is 359 g/mol. The number of phenols is 1. The molecule has 27 heavy (non-hydrogen) atoms. The van der Waals surface area contributed by atoms with E-state index in [0.717, 1.165) is 36.0 Å². The molecule has 0 fully saturated rings. The lowest BCUT2D eigenvalue weighted by Gasteiger charge is -2.23. The van der Waals surface area contributed by atoms with E-state index in [1.165, 1.54) is 32.1 Å². The van der Waals surface area contributed by atoms with Gasteiger partial charge in [-0.15, -0.1) is 0 Å². The van der Waals surface area contributed by atoms with Crippen LogP contribution in [-0.4, -0.2) is 16.6 Å². The average Bonchev–Trinajstić information content (AvgIpc) is 2.55. The molecule has 0 saturated heterocycles. The molecular formula is C22H39O4P. The van der Waals surface area contributed by atoms with Crippen molar-refractivity contribution in [2.24, 2.45) is 0 Å². The Labute approximate surface area is 165 Å². The minimum Gasteiger partial charge on any atom is -0.507 e. The summed E-state index contributed by atoms with van der Waals surface area (Å²) >= 11 is 0. The highest BCUT2D eigenvalue weighted by Gasteiger charge is 2.24. The van der Waals surface area contributed by atoms with Crippen LogP contribution in [0.1, 0.15) is 95.8 Å². The largest absolute Gasteiger partial charge is 0.507 e. The van der Waals surface area contributed by atoms with Crippen LogP contribution in [0.3, 0.4) is 0 Å². The Morgan fingerprint density at radius 3 is 2.11 bits per heavy atom. The van der Waals surface area contributed by atoms with E-state index in [1.54, 1.807) is 6.07 Å². The van der Waals surface area contributed by atoms with Crippen LogP contribution in [-0.2, 0) is 20.7 Å². The number of rotatable bonds is 12. The zero-order valence-electron chi connectivity index (χ0n) is 17.9. The van der Waals surface area contributed by atoms with Gasteiger partial charge in [0.1, 0.15) is 5.75 Å². The van der Waals surface area contributed by atoms with E-state index in [1.807, 2.05) is 33.8 Å². The summed E-state index contributed by atoms with van der Waals surface area (Å²) in [5.41, 5.74) is 2.01. The fourth-order valence-electron chi connectivity index (χ4n) is 3.24. The summed E-state index contributed by atoms with van der Waals surface area (Å²) in [6.07, 6.45) is 9.40. The smallest absolute Gasteiger partial charge is 0.332 e. The summed E-state index contributed by atoms with van der Waals surface area (Å²) in [5.74, 6) is 0.263. The van der Waals surface area contributed by atoms with Gasteiger partial charge in [-0.1, -0.05) is 84.8 Å². The molecule has 156 valence electrons. The molecule has 0 aliphatic heterocycles. The van der Waals surface area contributed by atoms with Gasteiger partial charge in [0.25, 0.3) is 0 Å². The van der Waals surface area contributed by atoms with E-state index in [4.69, 9.17) is 4.52 Å². The molecule has 1 aromatic rings. The van der Waals surface area contributed by atoms with Crippen molar-refractivity contribution in [3.05, 3.63) is 28.8 Å². The normalized spacial score (nSPS) is 14.3. The first-order valence-electron chi connectivity index (χ1n) is 10.4. The van der Waals surface area contributed by atoms with Crippen LogP contribution in [0.15, 0.2) is 12.1 Å². The van der Waals surface area contributed by atoms with Gasteiger partial charge in [0, 0.05) is 0 Å². The van der Waals surface area contributed by atoms with Crippen molar-refractivity contribution < 1.29 is 19.1 Å². The zero-order valence-corrected chi connectivity index (χ0v) is 18.8. The van der Waals surface area contributed by atoms with Gasteiger partial charge < -0.3 is 14.5 Å². The second-order valence-corrected chi connectivity index (χ2v) is 10.5. The second-order valence-electron chi connectivity index (χ2n) is 8.66. The summed E-state index contributed by atoms with van der Waals surface area (Å²) < 4.78 is 17.7. The first-order valence-corrected chi connectivity index (χ1v) is 12.1. The van der Waals surface area contributed by atoms with Crippen molar-refractivity contribution >= 4 is 7.60 Å². The quantitative estimate of drug-likeness (QED) is 0.299. The van der Waals surface area contributed by atoms with E-state index in [0.29, 0.717) is 6.61 Å². The van der Waals surface area contributed by atoms with Gasteiger partial charge in [0.15, 0.2) is 0 Å². The van der Waals surface area contributed by atoms with Crippen LogP contribution in [0, 0.1) is 6.92 Å². The molecule has 5 heteroatoms. The van der Waals surface area contributed by atoms with Gasteiger partial charge in [-0.05, 0) is 35.4 Å². The van der Waals surface area contributed by atoms with Crippen molar-refractivity contribution in [3.63, 3.8) is 0 Å².